The first-order chi connectivity index (χ1) is 16.6. The number of anilines is 1. The molecular weight excluding hydrogens is 435 g/mol. The minimum absolute atomic E-state index is 0.0597. The Bertz CT molecular complexity index is 1130. The molecule has 1 aromatic carbocycles. The van der Waals surface area contributed by atoms with Crippen LogP contribution in [-0.4, -0.2) is 76.1 Å². The first-order valence-corrected chi connectivity index (χ1v) is 11.6. The molecule has 0 bridgehead atoms. The molecule has 4 heterocycles. The molecule has 34 heavy (non-hydrogen) atoms. The number of H-pyrrole nitrogens is 1. The zero-order chi connectivity index (χ0) is 23.5. The third kappa shape index (κ3) is 4.64. The van der Waals surface area contributed by atoms with Crippen LogP contribution in [-0.2, 0) is 4.79 Å². The number of piperazine rings is 1. The van der Waals surface area contributed by atoms with Gasteiger partial charge in [-0.15, -0.1) is 0 Å². The number of rotatable bonds is 4. The van der Waals surface area contributed by atoms with Gasteiger partial charge in [0.15, 0.2) is 0 Å². The lowest BCUT2D eigenvalue weighted by atomic mass is 9.94. The Kier molecular flexibility index (Phi) is 6.24. The van der Waals surface area contributed by atoms with Crippen molar-refractivity contribution >= 4 is 17.5 Å². The van der Waals surface area contributed by atoms with E-state index in [0.717, 1.165) is 24.3 Å². The minimum atomic E-state index is -0.246. The second-order valence-corrected chi connectivity index (χ2v) is 8.76. The van der Waals surface area contributed by atoms with Crippen LogP contribution in [0.4, 0.5) is 10.1 Å². The number of benzene rings is 1. The number of carbonyl (C=O) groups excluding carboxylic acids is 2. The number of amides is 2. The zero-order valence-electron chi connectivity index (χ0n) is 18.9. The highest BCUT2D eigenvalue weighted by Gasteiger charge is 2.32. The van der Waals surface area contributed by atoms with E-state index in [1.165, 1.54) is 12.1 Å². The minimum Gasteiger partial charge on any atom is -0.368 e. The Morgan fingerprint density at radius 3 is 2.24 bits per heavy atom. The maximum absolute atomic E-state index is 13.2. The van der Waals surface area contributed by atoms with Crippen molar-refractivity contribution in [1.29, 1.82) is 0 Å². The van der Waals surface area contributed by atoms with Crippen molar-refractivity contribution in [2.24, 2.45) is 5.92 Å². The van der Waals surface area contributed by atoms with Crippen molar-refractivity contribution in [2.45, 2.75) is 12.8 Å². The van der Waals surface area contributed by atoms with E-state index in [1.807, 2.05) is 17.0 Å². The number of hydrogen-bond acceptors (Lipinski definition) is 5. The van der Waals surface area contributed by atoms with Crippen molar-refractivity contribution in [3.63, 3.8) is 0 Å². The second kappa shape index (κ2) is 9.62. The molecule has 0 saturated carbocycles. The third-order valence-electron chi connectivity index (χ3n) is 6.70. The Morgan fingerprint density at radius 2 is 1.56 bits per heavy atom. The van der Waals surface area contributed by atoms with Crippen molar-refractivity contribution < 1.29 is 14.0 Å². The molecule has 2 amide bonds. The average Bonchev–Trinajstić information content (AvgIpc) is 3.40. The SMILES string of the molecule is O=C(c1cc(-c2ccncc2)n[nH]1)N1CCC(C(=O)N2CCN(c3ccc(F)cc3)CC2)CC1. The predicted octanol–water partition coefficient (Wildman–Crippen LogP) is 2.81. The molecule has 0 aliphatic carbocycles. The summed E-state index contributed by atoms with van der Waals surface area (Å²) in [4.78, 5) is 35.9. The van der Waals surface area contributed by atoms with Gasteiger partial charge in [-0.3, -0.25) is 19.7 Å². The van der Waals surface area contributed by atoms with Gasteiger partial charge in [-0.1, -0.05) is 0 Å². The fourth-order valence-corrected chi connectivity index (χ4v) is 4.70. The van der Waals surface area contributed by atoms with Gasteiger partial charge < -0.3 is 14.7 Å². The quantitative estimate of drug-likeness (QED) is 0.645. The Hall–Kier alpha value is -3.75. The summed E-state index contributed by atoms with van der Waals surface area (Å²) in [6, 6.07) is 11.9. The van der Waals surface area contributed by atoms with Crippen LogP contribution in [0.25, 0.3) is 11.3 Å². The van der Waals surface area contributed by atoms with Crippen LogP contribution >= 0.6 is 0 Å². The summed E-state index contributed by atoms with van der Waals surface area (Å²) >= 11 is 0. The number of carbonyl (C=O) groups is 2. The summed E-state index contributed by atoms with van der Waals surface area (Å²) in [5.41, 5.74) is 3.03. The maximum atomic E-state index is 13.2. The van der Waals surface area contributed by atoms with Crippen LogP contribution < -0.4 is 4.90 Å². The smallest absolute Gasteiger partial charge is 0.271 e. The summed E-state index contributed by atoms with van der Waals surface area (Å²) in [6.45, 7) is 3.87. The van der Waals surface area contributed by atoms with Crippen LogP contribution in [0.5, 0.6) is 0 Å². The van der Waals surface area contributed by atoms with Crippen LogP contribution in [0.1, 0.15) is 23.3 Å². The molecule has 5 rings (SSSR count). The van der Waals surface area contributed by atoms with Gasteiger partial charge in [0, 0.05) is 68.8 Å². The molecule has 0 atom stereocenters. The van der Waals surface area contributed by atoms with Crippen molar-refractivity contribution in [3.05, 3.63) is 66.4 Å². The first-order valence-electron chi connectivity index (χ1n) is 11.6. The van der Waals surface area contributed by atoms with Crippen LogP contribution in [0.3, 0.4) is 0 Å². The number of nitrogens with one attached hydrogen (secondary N) is 1. The van der Waals surface area contributed by atoms with Gasteiger partial charge in [0.2, 0.25) is 5.91 Å². The van der Waals surface area contributed by atoms with Gasteiger partial charge in [-0.05, 0) is 55.3 Å². The van der Waals surface area contributed by atoms with Gasteiger partial charge in [0.25, 0.3) is 5.91 Å². The lowest BCUT2D eigenvalue weighted by Gasteiger charge is -2.39. The lowest BCUT2D eigenvalue weighted by molar-refractivity contribution is -0.137. The number of piperidine rings is 1. The van der Waals surface area contributed by atoms with E-state index in [4.69, 9.17) is 0 Å². The van der Waals surface area contributed by atoms with E-state index >= 15 is 0 Å². The van der Waals surface area contributed by atoms with E-state index in [1.54, 1.807) is 35.5 Å². The fraction of sp³-hybridized carbons (Fsp3) is 0.360. The molecular formula is C25H27FN6O2. The molecule has 0 spiro atoms. The molecule has 2 saturated heterocycles. The van der Waals surface area contributed by atoms with Crippen molar-refractivity contribution in [1.82, 2.24) is 25.0 Å². The van der Waals surface area contributed by atoms with Crippen LogP contribution in [0.2, 0.25) is 0 Å². The number of nitrogens with zero attached hydrogens (tertiary/aromatic N) is 5. The zero-order valence-corrected chi connectivity index (χ0v) is 18.9. The summed E-state index contributed by atoms with van der Waals surface area (Å²) in [7, 11) is 0. The number of halogens is 1. The molecule has 0 radical (unpaired) electrons. The van der Waals surface area contributed by atoms with Gasteiger partial charge in [-0.2, -0.15) is 5.10 Å². The molecule has 2 aliphatic heterocycles. The van der Waals surface area contributed by atoms with Gasteiger partial charge in [-0.25, -0.2) is 4.39 Å². The van der Waals surface area contributed by atoms with E-state index in [0.29, 0.717) is 50.4 Å². The molecule has 2 fully saturated rings. The summed E-state index contributed by atoms with van der Waals surface area (Å²) in [5.74, 6) is -0.223. The third-order valence-corrected chi connectivity index (χ3v) is 6.70. The molecule has 1 N–H and O–H groups in total. The Labute approximate surface area is 197 Å². The van der Waals surface area contributed by atoms with E-state index in [-0.39, 0.29) is 23.5 Å². The monoisotopic (exact) mass is 462 g/mol. The largest absolute Gasteiger partial charge is 0.368 e. The Morgan fingerprint density at radius 1 is 0.882 bits per heavy atom. The first kappa shape index (κ1) is 22.1. The lowest BCUT2D eigenvalue weighted by Crippen LogP contribution is -2.52. The van der Waals surface area contributed by atoms with Crippen LogP contribution in [0.15, 0.2) is 54.9 Å². The van der Waals surface area contributed by atoms with Gasteiger partial charge >= 0.3 is 0 Å². The molecule has 3 aromatic rings. The number of likely N-dealkylation sites (tertiary alicyclic amines) is 1. The molecule has 0 unspecified atom stereocenters. The highest BCUT2D eigenvalue weighted by molar-refractivity contribution is 5.93. The molecule has 2 aromatic heterocycles. The van der Waals surface area contributed by atoms with Gasteiger partial charge in [0.1, 0.15) is 11.5 Å². The van der Waals surface area contributed by atoms with Gasteiger partial charge in [0.05, 0.1) is 5.69 Å². The Balaban J connectivity index is 1.12. The van der Waals surface area contributed by atoms with Crippen molar-refractivity contribution in [2.75, 3.05) is 44.2 Å². The number of pyridine rings is 1. The summed E-state index contributed by atoms with van der Waals surface area (Å²) < 4.78 is 13.2. The average molecular weight is 463 g/mol. The number of aromatic nitrogens is 3. The standard InChI is InChI=1S/C25H27FN6O2/c26-20-1-3-21(4-2-20)30-13-15-32(16-14-30)24(33)19-7-11-31(12-8-19)25(34)23-17-22(28-29-23)18-5-9-27-10-6-18/h1-6,9-10,17,19H,7-8,11-16H2,(H,28,29). The predicted molar refractivity (Wildman–Crippen MR) is 126 cm³/mol. The number of hydrogen-bond donors (Lipinski definition) is 1. The maximum Gasteiger partial charge on any atom is 0.271 e. The second-order valence-electron chi connectivity index (χ2n) is 8.76. The molecule has 8 nitrogen and oxygen atoms in total. The highest BCUT2D eigenvalue weighted by Crippen LogP contribution is 2.24. The topological polar surface area (TPSA) is 85.4 Å². The van der Waals surface area contributed by atoms with Crippen molar-refractivity contribution in [3.8, 4) is 11.3 Å². The normalized spacial score (nSPS) is 17.1. The van der Waals surface area contributed by atoms with E-state index < -0.39 is 0 Å². The molecule has 9 heteroatoms. The molecule has 2 aliphatic rings. The highest BCUT2D eigenvalue weighted by atomic mass is 19.1. The fourth-order valence-electron chi connectivity index (χ4n) is 4.70. The number of aromatic amines is 1. The van der Waals surface area contributed by atoms with Crippen LogP contribution in [0, 0.1) is 11.7 Å². The summed E-state index contributed by atoms with van der Waals surface area (Å²) in [5, 5.41) is 7.10. The van der Waals surface area contributed by atoms with E-state index in [2.05, 4.69) is 20.1 Å². The summed E-state index contributed by atoms with van der Waals surface area (Å²) in [6.07, 6.45) is 4.70. The molecule has 176 valence electrons. The van der Waals surface area contributed by atoms with E-state index in [9.17, 15) is 14.0 Å².